The van der Waals surface area contributed by atoms with Crippen LogP contribution in [0.4, 0.5) is 0 Å². The van der Waals surface area contributed by atoms with Gasteiger partial charge < -0.3 is 5.32 Å². The zero-order valence-electron chi connectivity index (χ0n) is 11.3. The Morgan fingerprint density at radius 2 is 1.52 bits per heavy atom. The highest BCUT2D eigenvalue weighted by Gasteiger charge is 2.15. The largest absolute Gasteiger partial charge is 0.333 e. The minimum Gasteiger partial charge on any atom is -0.333 e. The molecule has 0 bridgehead atoms. The third-order valence-corrected chi connectivity index (χ3v) is 5.61. The second-order valence-corrected chi connectivity index (χ2v) is 6.89. The van der Waals surface area contributed by atoms with Crippen LogP contribution in [0.25, 0.3) is 10.8 Å². The zero-order chi connectivity index (χ0) is 14.1. The first-order valence-electron chi connectivity index (χ1n) is 6.81. The highest BCUT2D eigenvalue weighted by molar-refractivity contribution is 14.2. The van der Waals surface area contributed by atoms with Gasteiger partial charge >= 0.3 is 0 Å². The van der Waals surface area contributed by atoms with Gasteiger partial charge in [0.05, 0.1) is 24.6 Å². The molecule has 4 rings (SSSR count). The van der Waals surface area contributed by atoms with Crippen molar-refractivity contribution in [3.05, 3.63) is 83.9 Å². The van der Waals surface area contributed by atoms with E-state index in [-0.39, 0.29) is 21.0 Å². The van der Waals surface area contributed by atoms with E-state index in [4.69, 9.17) is 3.21 Å². The van der Waals surface area contributed by atoms with Crippen LogP contribution in [0.3, 0.4) is 0 Å². The first kappa shape index (κ1) is 12.7. The van der Waals surface area contributed by atoms with E-state index in [1.807, 2.05) is 6.07 Å². The maximum Gasteiger partial charge on any atom is 0.144 e. The molecule has 0 atom stereocenters. The summed E-state index contributed by atoms with van der Waals surface area (Å²) >= 11 is -0.331. The van der Waals surface area contributed by atoms with Gasteiger partial charge in [0.1, 0.15) is 5.84 Å². The molecule has 0 unspecified atom stereocenters. The quantitative estimate of drug-likeness (QED) is 0.657. The topological polar surface area (TPSA) is 24.4 Å². The molecule has 0 saturated carbocycles. The van der Waals surface area contributed by atoms with Gasteiger partial charge in [-0.2, -0.15) is 0 Å². The number of halogens is 1. The Labute approximate surface area is 133 Å². The molecule has 2 nitrogen and oxygen atoms in total. The minimum absolute atomic E-state index is 0.331. The Morgan fingerprint density at radius 3 is 2.43 bits per heavy atom. The molecule has 0 aliphatic carbocycles. The summed E-state index contributed by atoms with van der Waals surface area (Å²) < 4.78 is 6.07. The van der Waals surface area contributed by atoms with Crippen molar-refractivity contribution >= 4 is 41.2 Å². The Morgan fingerprint density at radius 1 is 0.762 bits per heavy atom. The van der Waals surface area contributed by atoms with E-state index in [0.29, 0.717) is 0 Å². The second-order valence-electron chi connectivity index (χ2n) is 4.85. The third-order valence-electron chi connectivity index (χ3n) is 3.51. The van der Waals surface area contributed by atoms with Crippen molar-refractivity contribution in [1.82, 2.24) is 5.32 Å². The summed E-state index contributed by atoms with van der Waals surface area (Å²) in [5.74, 6) is 1.01. The van der Waals surface area contributed by atoms with Crippen molar-refractivity contribution in [1.29, 1.82) is 0 Å². The molecule has 3 aromatic carbocycles. The van der Waals surface area contributed by atoms with E-state index in [9.17, 15) is 0 Å². The van der Waals surface area contributed by atoms with Gasteiger partial charge in [-0.3, -0.25) is 0 Å². The van der Waals surface area contributed by atoms with Crippen LogP contribution in [0, 0.1) is 0 Å². The maximum atomic E-state index is 4.79. The smallest absolute Gasteiger partial charge is 0.144 e. The van der Waals surface area contributed by atoms with E-state index in [2.05, 4.69) is 72.0 Å². The monoisotopic (exact) mass is 384 g/mol. The molecule has 0 fully saturated rings. The van der Waals surface area contributed by atoms with Crippen LogP contribution in [-0.2, 0) is 0 Å². The number of fused-ring (bicyclic) bond motifs is 1. The van der Waals surface area contributed by atoms with Gasteiger partial charge in [-0.25, -0.2) is 3.21 Å². The summed E-state index contributed by atoms with van der Waals surface area (Å²) in [6.07, 6.45) is 0. The number of amidine groups is 1. The fourth-order valence-corrected chi connectivity index (χ4v) is 4.36. The summed E-state index contributed by atoms with van der Waals surface area (Å²) in [7, 11) is 0. The van der Waals surface area contributed by atoms with Gasteiger partial charge in [0.15, 0.2) is 0 Å². The molecule has 1 aliphatic rings. The fourth-order valence-electron chi connectivity index (χ4n) is 2.48. The number of hydrogen-bond donors (Lipinski definition) is 1. The number of nitrogens with zero attached hydrogens (tertiary/aromatic N) is 1. The van der Waals surface area contributed by atoms with Gasteiger partial charge in [0, 0.05) is 11.1 Å². The first-order chi connectivity index (χ1) is 10.4. The lowest BCUT2D eigenvalue weighted by molar-refractivity contribution is 1.39. The van der Waals surface area contributed by atoms with E-state index in [1.54, 1.807) is 0 Å². The van der Waals surface area contributed by atoms with Crippen molar-refractivity contribution in [2.45, 2.75) is 0 Å². The lowest BCUT2D eigenvalue weighted by atomic mass is 10.0. The normalized spacial score (nSPS) is 14.1. The summed E-state index contributed by atoms with van der Waals surface area (Å²) in [6.45, 7) is 0. The van der Waals surface area contributed by atoms with Gasteiger partial charge in [0.2, 0.25) is 0 Å². The molecule has 21 heavy (non-hydrogen) atoms. The van der Waals surface area contributed by atoms with Gasteiger partial charge in [-0.1, -0.05) is 72.8 Å². The molecule has 3 heteroatoms. The summed E-state index contributed by atoms with van der Waals surface area (Å²) in [5.41, 5.74) is 2.45. The Balaban J connectivity index is 1.70. The molecular weight excluding hydrogens is 371 g/mol. The van der Waals surface area contributed by atoms with Crippen LogP contribution in [0.5, 0.6) is 0 Å². The second kappa shape index (κ2) is 5.41. The van der Waals surface area contributed by atoms with Crippen molar-refractivity contribution in [3.63, 3.8) is 0 Å². The van der Waals surface area contributed by atoms with E-state index < -0.39 is 0 Å². The van der Waals surface area contributed by atoms with E-state index in [0.717, 1.165) is 5.84 Å². The predicted molar refractivity (Wildman–Crippen MR) is 98.2 cm³/mol. The molecule has 1 heterocycles. The number of hydrogen-bond acceptors (Lipinski definition) is 2. The number of benzene rings is 3. The highest BCUT2D eigenvalue weighted by Crippen LogP contribution is 2.23. The van der Waals surface area contributed by atoms with Crippen LogP contribution >= 0.6 is 21.0 Å². The van der Waals surface area contributed by atoms with Crippen molar-refractivity contribution in [2.24, 2.45) is 3.21 Å². The molecule has 1 N–H and O–H groups in total. The number of nitrogens with one attached hydrogen (secondary N) is 1. The van der Waals surface area contributed by atoms with Crippen LogP contribution in [-0.4, -0.2) is 9.47 Å². The lowest BCUT2D eigenvalue weighted by Gasteiger charge is -2.09. The van der Waals surface area contributed by atoms with Gasteiger partial charge in [0.25, 0.3) is 0 Å². The molecule has 1 aliphatic heterocycles. The van der Waals surface area contributed by atoms with Crippen LogP contribution < -0.4 is 5.32 Å². The van der Waals surface area contributed by atoms with E-state index >= 15 is 0 Å². The standard InChI is InChI=1S/C18H13IN2/c1-2-8-14(9-3-1)17-19-21-18(20-17)16-12-6-10-13-7-4-5-11-15(13)16/h1-12H,(H,20,21). The molecular formula is C18H13IN2. The molecule has 0 spiro atoms. The van der Waals surface area contributed by atoms with E-state index in [1.165, 1.54) is 25.5 Å². The van der Waals surface area contributed by atoms with Crippen LogP contribution in [0.2, 0.25) is 0 Å². The Hall–Kier alpha value is -2.01. The molecule has 102 valence electrons. The van der Waals surface area contributed by atoms with Crippen LogP contribution in [0.15, 0.2) is 76.0 Å². The first-order valence-corrected chi connectivity index (χ1v) is 8.86. The highest BCUT2D eigenvalue weighted by atomic mass is 127. The van der Waals surface area contributed by atoms with Crippen LogP contribution in [0.1, 0.15) is 11.1 Å². The summed E-state index contributed by atoms with van der Waals surface area (Å²) in [5, 5.41) is 6.04. The molecule has 0 amide bonds. The lowest BCUT2D eigenvalue weighted by Crippen LogP contribution is -2.27. The average molecular weight is 384 g/mol. The van der Waals surface area contributed by atoms with Gasteiger partial charge in [-0.15, -0.1) is 0 Å². The predicted octanol–water partition coefficient (Wildman–Crippen LogP) is 4.25. The zero-order valence-corrected chi connectivity index (χ0v) is 13.4. The average Bonchev–Trinajstić information content (AvgIpc) is 3.05. The fraction of sp³-hybridized carbons (Fsp3) is 0. The molecule has 0 aromatic heterocycles. The summed E-state index contributed by atoms with van der Waals surface area (Å²) in [6, 6.07) is 25.3. The van der Waals surface area contributed by atoms with Crippen molar-refractivity contribution < 1.29 is 0 Å². The van der Waals surface area contributed by atoms with Crippen molar-refractivity contribution in [3.8, 4) is 0 Å². The molecule has 0 saturated heterocycles. The third kappa shape index (κ3) is 2.38. The molecule has 0 radical (unpaired) electrons. The summed E-state index contributed by atoms with van der Waals surface area (Å²) in [4.78, 5) is 0. The van der Waals surface area contributed by atoms with Gasteiger partial charge in [-0.05, 0) is 10.8 Å². The maximum absolute atomic E-state index is 4.79. The Kier molecular flexibility index (Phi) is 3.27. The minimum atomic E-state index is -0.331. The Bertz CT molecular complexity index is 861. The SMILES string of the molecule is c1ccc(C2=IN=C(c3cccc4ccccc34)N2)cc1. The van der Waals surface area contributed by atoms with Crippen molar-refractivity contribution in [2.75, 3.05) is 0 Å². The number of rotatable bonds is 2. The molecule has 3 aromatic rings.